The highest BCUT2D eigenvalue weighted by atomic mass is 14.0. The van der Waals surface area contributed by atoms with Crippen LogP contribution >= 0.6 is 0 Å². The molecule has 0 atom stereocenters. The van der Waals surface area contributed by atoms with Crippen LogP contribution in [-0.4, -0.2) is 0 Å². The molecule has 0 unspecified atom stereocenters. The zero-order valence-electron chi connectivity index (χ0n) is 16.2. The van der Waals surface area contributed by atoms with Crippen LogP contribution in [0, 0.1) is 0 Å². The van der Waals surface area contributed by atoms with Crippen molar-refractivity contribution in [1.82, 2.24) is 0 Å². The second-order valence-electron chi connectivity index (χ2n) is 7.31. The van der Waals surface area contributed by atoms with E-state index in [2.05, 4.69) is 61.5 Å². The van der Waals surface area contributed by atoms with Crippen molar-refractivity contribution in [2.45, 2.75) is 84.0 Å². The van der Waals surface area contributed by atoms with Gasteiger partial charge in [-0.3, -0.25) is 0 Å². The Hall–Kier alpha value is -1.56. The molecule has 0 aliphatic rings. The van der Waals surface area contributed by atoms with E-state index in [-0.39, 0.29) is 0 Å². The first-order chi connectivity index (χ1) is 12.4. The molecule has 2 aromatic rings. The maximum Gasteiger partial charge on any atom is -0.0181 e. The van der Waals surface area contributed by atoms with Gasteiger partial charge in [-0.1, -0.05) is 100 Å². The van der Waals surface area contributed by atoms with Crippen LogP contribution in [0.1, 0.15) is 83.1 Å². The number of rotatable bonds is 13. The summed E-state index contributed by atoms with van der Waals surface area (Å²) in [5.74, 6) is 0. The van der Waals surface area contributed by atoms with Crippen LogP contribution < -0.4 is 0 Å². The number of benzene rings is 2. The van der Waals surface area contributed by atoms with Crippen LogP contribution in [0.4, 0.5) is 0 Å². The molecule has 0 saturated heterocycles. The number of hydrogen-bond donors (Lipinski definition) is 0. The van der Waals surface area contributed by atoms with Crippen molar-refractivity contribution in [3.8, 4) is 0 Å². The van der Waals surface area contributed by atoms with Crippen LogP contribution in [0.25, 0.3) is 10.8 Å². The van der Waals surface area contributed by atoms with Gasteiger partial charge in [0.15, 0.2) is 0 Å². The van der Waals surface area contributed by atoms with Crippen molar-refractivity contribution < 1.29 is 0 Å². The molecule has 0 N–H and O–H groups in total. The van der Waals surface area contributed by atoms with E-state index in [0.29, 0.717) is 0 Å². The maximum atomic E-state index is 2.40. The summed E-state index contributed by atoms with van der Waals surface area (Å²) in [4.78, 5) is 0. The molecule has 0 nitrogen and oxygen atoms in total. The first kappa shape index (κ1) is 19.8. The lowest BCUT2D eigenvalue weighted by Gasteiger charge is -2.03. The Labute approximate surface area is 155 Å². The first-order valence-electron chi connectivity index (χ1n) is 10.5. The fraction of sp³-hybridized carbons (Fsp3) is 0.520. The quantitative estimate of drug-likeness (QED) is 0.255. The van der Waals surface area contributed by atoms with Crippen LogP contribution in [0.5, 0.6) is 0 Å². The zero-order valence-corrected chi connectivity index (χ0v) is 16.2. The SMILES string of the molecule is CCCCCCCCC/C=C/CCCCc1ccc2ccccc2c1. The minimum Gasteiger partial charge on any atom is -0.0885 e. The van der Waals surface area contributed by atoms with Gasteiger partial charge in [0.1, 0.15) is 0 Å². The van der Waals surface area contributed by atoms with Crippen LogP contribution in [0.3, 0.4) is 0 Å². The molecule has 0 heteroatoms. The van der Waals surface area contributed by atoms with Gasteiger partial charge in [-0.15, -0.1) is 0 Å². The third-order valence-corrected chi connectivity index (χ3v) is 5.04. The molecule has 0 fully saturated rings. The minimum atomic E-state index is 1.20. The molecule has 0 aliphatic heterocycles. The predicted molar refractivity (Wildman–Crippen MR) is 113 cm³/mol. The number of aryl methyl sites for hydroxylation is 1. The minimum absolute atomic E-state index is 1.20. The van der Waals surface area contributed by atoms with Crippen LogP contribution in [0.15, 0.2) is 54.6 Å². The monoisotopic (exact) mass is 336 g/mol. The van der Waals surface area contributed by atoms with Gasteiger partial charge in [0, 0.05) is 0 Å². The lowest BCUT2D eigenvalue weighted by Crippen LogP contribution is -1.85. The number of hydrogen-bond acceptors (Lipinski definition) is 0. The van der Waals surface area contributed by atoms with E-state index in [1.165, 1.54) is 93.4 Å². The van der Waals surface area contributed by atoms with E-state index in [1.54, 1.807) is 0 Å². The van der Waals surface area contributed by atoms with Crippen molar-refractivity contribution in [3.05, 3.63) is 60.2 Å². The van der Waals surface area contributed by atoms with Gasteiger partial charge in [0.25, 0.3) is 0 Å². The summed E-state index contributed by atoms with van der Waals surface area (Å²) in [6, 6.07) is 15.5. The van der Waals surface area contributed by atoms with Gasteiger partial charge in [0.2, 0.25) is 0 Å². The molecule has 2 rings (SSSR count). The normalized spacial score (nSPS) is 11.6. The van der Waals surface area contributed by atoms with Gasteiger partial charge in [-0.05, 0) is 54.9 Å². The Kier molecular flexibility index (Phi) is 10.1. The Bertz CT molecular complexity index is 608. The number of allylic oxidation sites excluding steroid dienone is 2. The molecule has 0 heterocycles. The third kappa shape index (κ3) is 8.38. The summed E-state index contributed by atoms with van der Waals surface area (Å²) in [7, 11) is 0. The van der Waals surface area contributed by atoms with Crippen LogP contribution in [-0.2, 0) is 6.42 Å². The Morgan fingerprint density at radius 1 is 0.640 bits per heavy atom. The fourth-order valence-electron chi connectivity index (χ4n) is 3.44. The van der Waals surface area contributed by atoms with Gasteiger partial charge < -0.3 is 0 Å². The van der Waals surface area contributed by atoms with Crippen molar-refractivity contribution in [2.24, 2.45) is 0 Å². The summed E-state index contributed by atoms with van der Waals surface area (Å²) in [5.41, 5.74) is 1.48. The Morgan fingerprint density at radius 2 is 1.28 bits per heavy atom. The smallest absolute Gasteiger partial charge is 0.0181 e. The van der Waals surface area contributed by atoms with Gasteiger partial charge in [0.05, 0.1) is 0 Å². The van der Waals surface area contributed by atoms with E-state index < -0.39 is 0 Å². The molecule has 0 aliphatic carbocycles. The largest absolute Gasteiger partial charge is 0.0885 e. The highest BCUT2D eigenvalue weighted by Gasteiger charge is 1.96. The van der Waals surface area contributed by atoms with Crippen molar-refractivity contribution in [3.63, 3.8) is 0 Å². The third-order valence-electron chi connectivity index (χ3n) is 5.04. The van der Waals surface area contributed by atoms with E-state index >= 15 is 0 Å². The molecule has 136 valence electrons. The van der Waals surface area contributed by atoms with Crippen molar-refractivity contribution >= 4 is 10.8 Å². The number of fused-ring (bicyclic) bond motifs is 1. The standard InChI is InChI=1S/C25H36/c1-2-3-4-5-6-7-8-9-10-11-12-13-14-17-23-20-21-24-18-15-16-19-25(24)22-23/h10-11,15-16,18-22H,2-9,12-14,17H2,1H3/b11-10+. The van der Waals surface area contributed by atoms with Gasteiger partial charge >= 0.3 is 0 Å². The molecule has 0 bridgehead atoms. The van der Waals surface area contributed by atoms with E-state index in [0.717, 1.165) is 0 Å². The second-order valence-corrected chi connectivity index (χ2v) is 7.31. The molecule has 2 aromatic carbocycles. The Morgan fingerprint density at radius 3 is 2.04 bits per heavy atom. The lowest BCUT2D eigenvalue weighted by atomic mass is 10.0. The topological polar surface area (TPSA) is 0 Å². The van der Waals surface area contributed by atoms with Crippen molar-refractivity contribution in [2.75, 3.05) is 0 Å². The lowest BCUT2D eigenvalue weighted by molar-refractivity contribution is 0.592. The summed E-state index contributed by atoms with van der Waals surface area (Å²) in [5, 5.41) is 2.72. The highest BCUT2D eigenvalue weighted by molar-refractivity contribution is 5.82. The number of unbranched alkanes of at least 4 members (excludes halogenated alkanes) is 9. The molecule has 0 radical (unpaired) electrons. The average Bonchev–Trinajstić information content (AvgIpc) is 2.65. The van der Waals surface area contributed by atoms with E-state index in [4.69, 9.17) is 0 Å². The molecule has 0 saturated carbocycles. The molecule has 0 spiro atoms. The summed E-state index contributed by atoms with van der Waals surface area (Å²) in [6.07, 6.45) is 21.0. The average molecular weight is 337 g/mol. The van der Waals surface area contributed by atoms with Gasteiger partial charge in [-0.25, -0.2) is 0 Å². The zero-order chi connectivity index (χ0) is 17.6. The maximum absolute atomic E-state index is 2.40. The molecular weight excluding hydrogens is 300 g/mol. The predicted octanol–water partition coefficient (Wildman–Crippen LogP) is 8.25. The van der Waals surface area contributed by atoms with E-state index in [9.17, 15) is 0 Å². The summed E-state index contributed by atoms with van der Waals surface area (Å²) >= 11 is 0. The summed E-state index contributed by atoms with van der Waals surface area (Å²) in [6.45, 7) is 2.28. The van der Waals surface area contributed by atoms with Crippen molar-refractivity contribution in [1.29, 1.82) is 0 Å². The first-order valence-corrected chi connectivity index (χ1v) is 10.5. The van der Waals surface area contributed by atoms with E-state index in [1.807, 2.05) is 0 Å². The van der Waals surface area contributed by atoms with Crippen LogP contribution in [0.2, 0.25) is 0 Å². The molecular formula is C25H36. The molecule has 25 heavy (non-hydrogen) atoms. The molecule has 0 amide bonds. The van der Waals surface area contributed by atoms with Gasteiger partial charge in [-0.2, -0.15) is 0 Å². The molecule has 0 aromatic heterocycles. The Balaban J connectivity index is 1.48. The highest BCUT2D eigenvalue weighted by Crippen LogP contribution is 2.17. The fourth-order valence-corrected chi connectivity index (χ4v) is 3.44. The second kappa shape index (κ2) is 12.8. The summed E-state index contributed by atoms with van der Waals surface area (Å²) < 4.78 is 0.